The van der Waals surface area contributed by atoms with Crippen LogP contribution >= 0.6 is 0 Å². The number of hydrogen-bond acceptors (Lipinski definition) is 3. The van der Waals surface area contributed by atoms with Gasteiger partial charge in [0.1, 0.15) is 5.82 Å². The van der Waals surface area contributed by atoms with Crippen LogP contribution in [0.5, 0.6) is 0 Å². The van der Waals surface area contributed by atoms with Gasteiger partial charge in [-0.15, -0.1) is 0 Å². The summed E-state index contributed by atoms with van der Waals surface area (Å²) in [6.45, 7) is 0.754. The number of halogens is 1. The van der Waals surface area contributed by atoms with E-state index >= 15 is 0 Å². The van der Waals surface area contributed by atoms with Gasteiger partial charge in [-0.2, -0.15) is 0 Å². The molecule has 128 valence electrons. The van der Waals surface area contributed by atoms with Gasteiger partial charge in [-0.3, -0.25) is 9.97 Å². The molecule has 2 heterocycles. The fourth-order valence-electron chi connectivity index (χ4n) is 3.75. The van der Waals surface area contributed by atoms with Gasteiger partial charge in [0.05, 0.1) is 29.6 Å². The second-order valence-corrected chi connectivity index (χ2v) is 6.77. The molecule has 1 aliphatic rings. The summed E-state index contributed by atoms with van der Waals surface area (Å²) in [5.74, 6) is -0.221. The van der Waals surface area contributed by atoms with Crippen molar-refractivity contribution >= 4 is 16.6 Å². The lowest BCUT2D eigenvalue weighted by atomic mass is 9.93. The molecule has 0 spiro atoms. The molecule has 3 nitrogen and oxygen atoms in total. The largest absolute Gasteiger partial charge is 0.361 e. The smallest absolute Gasteiger partial charge is 0.123 e. The van der Waals surface area contributed by atoms with Gasteiger partial charge in [0.2, 0.25) is 0 Å². The Labute approximate surface area is 147 Å². The third-order valence-corrected chi connectivity index (χ3v) is 5.03. The second kappa shape index (κ2) is 7.18. The molecule has 0 radical (unpaired) electrons. The Kier molecular flexibility index (Phi) is 4.59. The van der Waals surface area contributed by atoms with Crippen molar-refractivity contribution in [1.82, 2.24) is 9.97 Å². The van der Waals surface area contributed by atoms with Crippen LogP contribution in [0, 0.1) is 5.82 Å². The van der Waals surface area contributed by atoms with Crippen molar-refractivity contribution in [2.24, 2.45) is 0 Å². The maximum atomic E-state index is 13.4. The first-order chi connectivity index (χ1) is 12.3. The van der Waals surface area contributed by atoms with Crippen LogP contribution in [0.15, 0.2) is 54.9 Å². The van der Waals surface area contributed by atoms with Crippen molar-refractivity contribution in [2.75, 3.05) is 4.90 Å². The number of nitrogens with zero attached hydrogens (tertiary/aromatic N) is 3. The molecular weight excluding hydrogens is 313 g/mol. The van der Waals surface area contributed by atoms with Gasteiger partial charge in [0.25, 0.3) is 0 Å². The first-order valence-corrected chi connectivity index (χ1v) is 9.01. The molecule has 3 aromatic rings. The predicted molar refractivity (Wildman–Crippen MR) is 99.0 cm³/mol. The van der Waals surface area contributed by atoms with E-state index in [9.17, 15) is 4.39 Å². The van der Waals surface area contributed by atoms with Crippen molar-refractivity contribution in [2.45, 2.75) is 44.7 Å². The molecule has 0 amide bonds. The van der Waals surface area contributed by atoms with E-state index in [0.29, 0.717) is 6.04 Å². The van der Waals surface area contributed by atoms with E-state index in [1.165, 1.54) is 44.2 Å². The van der Waals surface area contributed by atoms with Crippen LogP contribution in [0.2, 0.25) is 0 Å². The lowest BCUT2D eigenvalue weighted by molar-refractivity contribution is 0.412. The summed E-state index contributed by atoms with van der Waals surface area (Å²) in [6.07, 6.45) is 10.1. The molecule has 0 saturated heterocycles. The van der Waals surface area contributed by atoms with E-state index < -0.39 is 0 Å². The topological polar surface area (TPSA) is 29.0 Å². The lowest BCUT2D eigenvalue weighted by Gasteiger charge is -2.35. The Morgan fingerprint density at radius 2 is 1.92 bits per heavy atom. The molecule has 1 saturated carbocycles. The van der Waals surface area contributed by atoms with Gasteiger partial charge in [-0.1, -0.05) is 25.3 Å². The van der Waals surface area contributed by atoms with Crippen LogP contribution in [0.1, 0.15) is 37.8 Å². The molecule has 1 aliphatic carbocycles. The Bertz CT molecular complexity index is 844. The molecule has 4 rings (SSSR count). The summed E-state index contributed by atoms with van der Waals surface area (Å²) in [4.78, 5) is 11.5. The minimum absolute atomic E-state index is 0.221. The van der Waals surface area contributed by atoms with Gasteiger partial charge in [0, 0.05) is 17.6 Å². The van der Waals surface area contributed by atoms with E-state index in [4.69, 9.17) is 4.98 Å². The van der Waals surface area contributed by atoms with E-state index in [1.807, 2.05) is 30.6 Å². The van der Waals surface area contributed by atoms with Crippen LogP contribution in [-0.4, -0.2) is 16.0 Å². The number of fused-ring (bicyclic) bond motifs is 1. The van der Waals surface area contributed by atoms with Crippen molar-refractivity contribution in [3.05, 3.63) is 66.4 Å². The highest BCUT2D eigenvalue weighted by Gasteiger charge is 2.22. The molecule has 0 N–H and O–H groups in total. The molecule has 0 unspecified atom stereocenters. The van der Waals surface area contributed by atoms with Gasteiger partial charge in [-0.05, 0) is 49.2 Å². The van der Waals surface area contributed by atoms with E-state index in [0.717, 1.165) is 28.8 Å². The van der Waals surface area contributed by atoms with Crippen molar-refractivity contribution in [1.29, 1.82) is 0 Å². The highest BCUT2D eigenvalue weighted by molar-refractivity contribution is 5.78. The number of hydrogen-bond donors (Lipinski definition) is 0. The van der Waals surface area contributed by atoms with E-state index in [2.05, 4.69) is 16.0 Å². The van der Waals surface area contributed by atoms with Crippen LogP contribution < -0.4 is 4.90 Å². The fraction of sp³-hybridized carbons (Fsp3) is 0.333. The maximum absolute atomic E-state index is 13.4. The number of aromatic nitrogens is 2. The summed E-state index contributed by atoms with van der Waals surface area (Å²) in [6, 6.07) is 13.4. The molecule has 0 bridgehead atoms. The Morgan fingerprint density at radius 1 is 1.04 bits per heavy atom. The molecule has 25 heavy (non-hydrogen) atoms. The molecular formula is C21H22FN3. The zero-order chi connectivity index (χ0) is 17.1. The van der Waals surface area contributed by atoms with Crippen LogP contribution in [0.25, 0.3) is 10.9 Å². The molecule has 1 aromatic carbocycles. The summed E-state index contributed by atoms with van der Waals surface area (Å²) in [5, 5.41) is 0.842. The molecule has 4 heteroatoms. The van der Waals surface area contributed by atoms with Crippen LogP contribution in [-0.2, 0) is 6.54 Å². The predicted octanol–water partition coefficient (Wildman–Crippen LogP) is 5.11. The van der Waals surface area contributed by atoms with Crippen LogP contribution in [0.3, 0.4) is 0 Å². The van der Waals surface area contributed by atoms with Crippen molar-refractivity contribution < 1.29 is 4.39 Å². The first kappa shape index (κ1) is 16.0. The summed E-state index contributed by atoms with van der Waals surface area (Å²) >= 11 is 0. The third kappa shape index (κ3) is 3.63. The Hall–Kier alpha value is -2.49. The Morgan fingerprint density at radius 3 is 2.72 bits per heavy atom. The average Bonchev–Trinajstić information content (AvgIpc) is 2.67. The normalized spacial score (nSPS) is 15.4. The molecule has 1 fully saturated rings. The first-order valence-electron chi connectivity index (χ1n) is 9.01. The standard InChI is InChI=1S/C21H22FN3/c22-17-9-11-21-16(13-17)8-10-18(24-21)15-25(19-5-2-1-3-6-19)20-7-4-12-23-14-20/h4,7-14,19H,1-3,5-6,15H2. The third-order valence-electron chi connectivity index (χ3n) is 5.03. The maximum Gasteiger partial charge on any atom is 0.123 e. The number of rotatable bonds is 4. The zero-order valence-electron chi connectivity index (χ0n) is 14.2. The SMILES string of the molecule is Fc1ccc2nc(CN(c3cccnc3)C3CCCCC3)ccc2c1. The van der Waals surface area contributed by atoms with Crippen LogP contribution in [0.4, 0.5) is 10.1 Å². The number of benzene rings is 1. The molecule has 0 aliphatic heterocycles. The second-order valence-electron chi connectivity index (χ2n) is 6.77. The van der Waals surface area contributed by atoms with Gasteiger partial charge >= 0.3 is 0 Å². The fourth-order valence-corrected chi connectivity index (χ4v) is 3.75. The highest BCUT2D eigenvalue weighted by atomic mass is 19.1. The molecule has 0 atom stereocenters. The minimum Gasteiger partial charge on any atom is -0.361 e. The van der Waals surface area contributed by atoms with Gasteiger partial charge in [0.15, 0.2) is 0 Å². The lowest BCUT2D eigenvalue weighted by Crippen LogP contribution is -2.36. The van der Waals surface area contributed by atoms with Gasteiger partial charge < -0.3 is 4.90 Å². The molecule has 2 aromatic heterocycles. The highest BCUT2D eigenvalue weighted by Crippen LogP contribution is 2.28. The quantitative estimate of drug-likeness (QED) is 0.663. The summed E-state index contributed by atoms with van der Waals surface area (Å²) < 4.78 is 13.4. The van der Waals surface area contributed by atoms with E-state index in [1.54, 1.807) is 6.07 Å². The average molecular weight is 335 g/mol. The summed E-state index contributed by atoms with van der Waals surface area (Å²) in [5.41, 5.74) is 3.00. The van der Waals surface area contributed by atoms with Crippen molar-refractivity contribution in [3.63, 3.8) is 0 Å². The van der Waals surface area contributed by atoms with E-state index in [-0.39, 0.29) is 5.82 Å². The minimum atomic E-state index is -0.221. The monoisotopic (exact) mass is 335 g/mol. The Balaban J connectivity index is 1.64. The van der Waals surface area contributed by atoms with Gasteiger partial charge in [-0.25, -0.2) is 4.39 Å². The summed E-state index contributed by atoms with van der Waals surface area (Å²) in [7, 11) is 0. The number of pyridine rings is 2. The van der Waals surface area contributed by atoms with Crippen molar-refractivity contribution in [3.8, 4) is 0 Å². The zero-order valence-corrected chi connectivity index (χ0v) is 14.2. The number of anilines is 1.